The Balaban J connectivity index is 2.05. The third kappa shape index (κ3) is 3.36. The first kappa shape index (κ1) is 15.8. The summed E-state index contributed by atoms with van der Waals surface area (Å²) in [5, 5.41) is 2.77. The molecule has 21 heavy (non-hydrogen) atoms. The molecule has 0 radical (unpaired) electrons. The van der Waals surface area contributed by atoms with Gasteiger partial charge in [0.25, 0.3) is 0 Å². The van der Waals surface area contributed by atoms with E-state index in [4.69, 9.17) is 10.5 Å². The maximum absolute atomic E-state index is 11.9. The Morgan fingerprint density at radius 2 is 2.29 bits per heavy atom. The van der Waals surface area contributed by atoms with Crippen molar-refractivity contribution in [3.05, 3.63) is 29.3 Å². The molecule has 1 aromatic rings. The van der Waals surface area contributed by atoms with Crippen molar-refractivity contribution >= 4 is 5.91 Å². The molecule has 1 saturated heterocycles. The monoisotopic (exact) mass is 291 g/mol. The van der Waals surface area contributed by atoms with E-state index < -0.39 is 0 Å². The number of ether oxygens (including phenoxy) is 1. The Labute approximate surface area is 126 Å². The molecule has 0 aromatic heterocycles. The van der Waals surface area contributed by atoms with Gasteiger partial charge >= 0.3 is 0 Å². The van der Waals surface area contributed by atoms with E-state index >= 15 is 0 Å². The smallest absolute Gasteiger partial charge is 0.227 e. The van der Waals surface area contributed by atoms with E-state index in [-0.39, 0.29) is 11.3 Å². The second-order valence-corrected chi connectivity index (χ2v) is 5.95. The molecular weight excluding hydrogens is 266 g/mol. The Bertz CT molecular complexity index is 518. The molecule has 0 saturated carbocycles. The van der Waals surface area contributed by atoms with Gasteiger partial charge in [0.1, 0.15) is 5.75 Å². The molecule has 1 amide bonds. The van der Waals surface area contributed by atoms with Crippen molar-refractivity contribution in [2.45, 2.75) is 26.4 Å². The minimum atomic E-state index is -0.282. The van der Waals surface area contributed by atoms with E-state index in [0.717, 1.165) is 37.4 Å². The molecular formula is C16H25N3O2. The molecule has 1 atom stereocenters. The average Bonchev–Trinajstić information content (AvgIpc) is 2.88. The van der Waals surface area contributed by atoms with Crippen LogP contribution in [0.3, 0.4) is 0 Å². The van der Waals surface area contributed by atoms with Gasteiger partial charge in [0, 0.05) is 32.2 Å². The van der Waals surface area contributed by atoms with Crippen LogP contribution in [0.4, 0.5) is 0 Å². The standard InChI is InChI=1S/C16H25N3O2/c1-16(15(20)18-2)6-7-19(11-16)10-12-4-5-13(9-17)14(8-12)21-3/h4-5,8H,6-7,9-11,17H2,1-3H3,(H,18,20). The highest BCUT2D eigenvalue weighted by atomic mass is 16.5. The largest absolute Gasteiger partial charge is 0.496 e. The summed E-state index contributed by atoms with van der Waals surface area (Å²) in [6, 6.07) is 6.14. The van der Waals surface area contributed by atoms with E-state index in [9.17, 15) is 4.79 Å². The fourth-order valence-electron chi connectivity index (χ4n) is 2.99. The van der Waals surface area contributed by atoms with Crippen LogP contribution in [0, 0.1) is 5.41 Å². The zero-order chi connectivity index (χ0) is 15.5. The summed E-state index contributed by atoms with van der Waals surface area (Å²) >= 11 is 0. The topological polar surface area (TPSA) is 67.6 Å². The van der Waals surface area contributed by atoms with Gasteiger partial charge in [0.15, 0.2) is 0 Å². The van der Waals surface area contributed by atoms with Gasteiger partial charge in [-0.25, -0.2) is 0 Å². The zero-order valence-corrected chi connectivity index (χ0v) is 13.1. The number of amides is 1. The minimum absolute atomic E-state index is 0.126. The van der Waals surface area contributed by atoms with Gasteiger partial charge in [-0.15, -0.1) is 0 Å². The van der Waals surface area contributed by atoms with Crippen LogP contribution in [0.15, 0.2) is 18.2 Å². The molecule has 2 rings (SSSR count). The third-order valence-electron chi connectivity index (χ3n) is 4.31. The fraction of sp³-hybridized carbons (Fsp3) is 0.562. The van der Waals surface area contributed by atoms with Crippen LogP contribution in [0.2, 0.25) is 0 Å². The number of rotatable bonds is 5. The predicted molar refractivity (Wildman–Crippen MR) is 83.0 cm³/mol. The second-order valence-electron chi connectivity index (χ2n) is 5.95. The Morgan fingerprint density at radius 3 is 2.90 bits per heavy atom. The molecule has 5 heteroatoms. The van der Waals surface area contributed by atoms with Gasteiger partial charge in [-0.05, 0) is 31.5 Å². The molecule has 1 fully saturated rings. The predicted octanol–water partition coefficient (Wildman–Crippen LogP) is 1.11. The van der Waals surface area contributed by atoms with Gasteiger partial charge < -0.3 is 15.8 Å². The van der Waals surface area contributed by atoms with Gasteiger partial charge in [-0.3, -0.25) is 9.69 Å². The summed E-state index contributed by atoms with van der Waals surface area (Å²) in [6.07, 6.45) is 0.894. The quantitative estimate of drug-likeness (QED) is 0.853. The second kappa shape index (κ2) is 6.45. The fourth-order valence-corrected chi connectivity index (χ4v) is 2.99. The van der Waals surface area contributed by atoms with Gasteiger partial charge in [0.2, 0.25) is 5.91 Å². The molecule has 1 aliphatic rings. The summed E-state index contributed by atoms with van der Waals surface area (Å²) in [5.74, 6) is 0.962. The van der Waals surface area contributed by atoms with Crippen LogP contribution in [-0.2, 0) is 17.9 Å². The van der Waals surface area contributed by atoms with Crippen LogP contribution in [0.25, 0.3) is 0 Å². The van der Waals surface area contributed by atoms with E-state index in [1.165, 1.54) is 5.56 Å². The van der Waals surface area contributed by atoms with Crippen LogP contribution in [0.1, 0.15) is 24.5 Å². The lowest BCUT2D eigenvalue weighted by atomic mass is 9.89. The number of carbonyl (C=O) groups is 1. The summed E-state index contributed by atoms with van der Waals surface area (Å²) in [4.78, 5) is 14.3. The first-order chi connectivity index (χ1) is 10.0. The van der Waals surface area contributed by atoms with Gasteiger partial charge in [0.05, 0.1) is 12.5 Å². The highest BCUT2D eigenvalue weighted by molar-refractivity contribution is 5.82. The first-order valence-corrected chi connectivity index (χ1v) is 7.33. The molecule has 0 aliphatic carbocycles. The summed E-state index contributed by atoms with van der Waals surface area (Å²) in [7, 11) is 3.36. The van der Waals surface area contributed by atoms with Crippen molar-refractivity contribution in [2.75, 3.05) is 27.2 Å². The summed E-state index contributed by atoms with van der Waals surface area (Å²) in [6.45, 7) is 5.05. The molecule has 1 aliphatic heterocycles. The summed E-state index contributed by atoms with van der Waals surface area (Å²) < 4.78 is 5.38. The first-order valence-electron chi connectivity index (χ1n) is 7.33. The van der Waals surface area contributed by atoms with Crippen molar-refractivity contribution < 1.29 is 9.53 Å². The van der Waals surface area contributed by atoms with E-state index in [1.807, 2.05) is 19.1 Å². The van der Waals surface area contributed by atoms with Crippen LogP contribution >= 0.6 is 0 Å². The molecule has 5 nitrogen and oxygen atoms in total. The zero-order valence-electron chi connectivity index (χ0n) is 13.1. The Morgan fingerprint density at radius 1 is 1.52 bits per heavy atom. The van der Waals surface area contributed by atoms with Gasteiger partial charge in [-0.2, -0.15) is 0 Å². The minimum Gasteiger partial charge on any atom is -0.496 e. The van der Waals surface area contributed by atoms with Crippen molar-refractivity contribution in [3.8, 4) is 5.75 Å². The number of methoxy groups -OCH3 is 1. The highest BCUT2D eigenvalue weighted by Crippen LogP contribution is 2.31. The lowest BCUT2D eigenvalue weighted by Gasteiger charge is -2.23. The Hall–Kier alpha value is -1.59. The number of hydrogen-bond acceptors (Lipinski definition) is 4. The molecule has 116 valence electrons. The van der Waals surface area contributed by atoms with Crippen molar-refractivity contribution in [3.63, 3.8) is 0 Å². The molecule has 1 aromatic carbocycles. The molecule has 1 heterocycles. The third-order valence-corrected chi connectivity index (χ3v) is 4.31. The number of nitrogens with zero attached hydrogens (tertiary/aromatic N) is 1. The van der Waals surface area contributed by atoms with Gasteiger partial charge in [-0.1, -0.05) is 12.1 Å². The number of carbonyl (C=O) groups excluding carboxylic acids is 1. The number of benzene rings is 1. The highest BCUT2D eigenvalue weighted by Gasteiger charge is 2.39. The Kier molecular flexibility index (Phi) is 4.85. The lowest BCUT2D eigenvalue weighted by Crippen LogP contribution is -2.39. The maximum Gasteiger partial charge on any atom is 0.227 e. The molecule has 0 spiro atoms. The number of nitrogens with one attached hydrogen (secondary N) is 1. The number of nitrogens with two attached hydrogens (primary N) is 1. The number of hydrogen-bond donors (Lipinski definition) is 2. The number of likely N-dealkylation sites (tertiary alicyclic amines) is 1. The van der Waals surface area contributed by atoms with Crippen LogP contribution < -0.4 is 15.8 Å². The SMILES string of the molecule is CNC(=O)C1(C)CCN(Cc2ccc(CN)c(OC)c2)C1. The lowest BCUT2D eigenvalue weighted by molar-refractivity contribution is -0.129. The van der Waals surface area contributed by atoms with E-state index in [2.05, 4.69) is 16.3 Å². The van der Waals surface area contributed by atoms with Crippen molar-refractivity contribution in [1.29, 1.82) is 0 Å². The maximum atomic E-state index is 11.9. The van der Waals surface area contributed by atoms with E-state index in [0.29, 0.717) is 6.54 Å². The normalized spacial score (nSPS) is 22.3. The molecule has 1 unspecified atom stereocenters. The van der Waals surface area contributed by atoms with E-state index in [1.54, 1.807) is 14.2 Å². The van der Waals surface area contributed by atoms with Crippen molar-refractivity contribution in [2.24, 2.45) is 11.1 Å². The summed E-state index contributed by atoms with van der Waals surface area (Å²) in [5.41, 5.74) is 7.60. The van der Waals surface area contributed by atoms with Crippen LogP contribution in [0.5, 0.6) is 5.75 Å². The molecule has 0 bridgehead atoms. The van der Waals surface area contributed by atoms with Crippen LogP contribution in [-0.4, -0.2) is 38.1 Å². The van der Waals surface area contributed by atoms with Crippen molar-refractivity contribution in [1.82, 2.24) is 10.2 Å². The average molecular weight is 291 g/mol. The molecule has 3 N–H and O–H groups in total.